The molecule has 0 aromatic carbocycles. The van der Waals surface area contributed by atoms with Gasteiger partial charge in [0.25, 0.3) is 5.91 Å². The highest BCUT2D eigenvalue weighted by molar-refractivity contribution is 6.14. The highest BCUT2D eigenvalue weighted by atomic mass is 16.2. The number of carbonyl (C=O) groups excluding carboxylic acids is 3. The molecule has 1 atom stereocenters. The highest BCUT2D eigenvalue weighted by Gasteiger charge is 2.49. The largest absolute Gasteiger partial charge is 0.331 e. The molecule has 1 aliphatic heterocycles. The average molecular weight is 256 g/mol. The zero-order valence-corrected chi connectivity index (χ0v) is 10.7. The molecule has 7 heteroatoms. The van der Waals surface area contributed by atoms with Gasteiger partial charge in [-0.3, -0.25) is 14.9 Å². The maximum absolute atomic E-state index is 12.1. The molecule has 0 aromatic heterocycles. The molecule has 0 bridgehead atoms. The molecule has 0 unspecified atom stereocenters. The van der Waals surface area contributed by atoms with Crippen molar-refractivity contribution in [1.82, 2.24) is 10.2 Å². The average Bonchev–Trinajstić information content (AvgIpc) is 2.47. The molecule has 102 valence electrons. The van der Waals surface area contributed by atoms with E-state index < -0.39 is 29.4 Å². The summed E-state index contributed by atoms with van der Waals surface area (Å²) in [6.45, 7) is 3.56. The van der Waals surface area contributed by atoms with Crippen LogP contribution in [0.25, 0.3) is 0 Å². The molecule has 1 fully saturated rings. The first-order chi connectivity index (χ1) is 8.32. The molecular formula is C11H20N4O3. The van der Waals surface area contributed by atoms with Crippen molar-refractivity contribution in [2.24, 2.45) is 11.5 Å². The number of unbranched alkanes of at least 4 members (excludes halogenated alkanes) is 1. The molecule has 18 heavy (non-hydrogen) atoms. The quantitative estimate of drug-likeness (QED) is 0.444. The lowest BCUT2D eigenvalue weighted by molar-refractivity contribution is -0.138. The number of nitrogens with zero attached hydrogens (tertiary/aromatic N) is 1. The van der Waals surface area contributed by atoms with E-state index in [1.165, 1.54) is 13.8 Å². The Morgan fingerprint density at radius 2 is 2.00 bits per heavy atom. The van der Waals surface area contributed by atoms with Crippen molar-refractivity contribution in [1.29, 1.82) is 0 Å². The number of nitrogens with two attached hydrogens (primary N) is 2. The Bertz CT molecular complexity index is 367. The Kier molecular flexibility index (Phi) is 4.42. The van der Waals surface area contributed by atoms with Crippen LogP contribution in [0.3, 0.4) is 0 Å². The second-order valence-corrected chi connectivity index (χ2v) is 4.88. The van der Waals surface area contributed by atoms with E-state index in [2.05, 4.69) is 5.32 Å². The van der Waals surface area contributed by atoms with E-state index in [1.54, 1.807) is 0 Å². The van der Waals surface area contributed by atoms with Gasteiger partial charge in [-0.2, -0.15) is 0 Å². The molecule has 1 aliphatic rings. The van der Waals surface area contributed by atoms with Crippen molar-refractivity contribution in [3.63, 3.8) is 0 Å². The van der Waals surface area contributed by atoms with Gasteiger partial charge in [-0.05, 0) is 33.2 Å². The van der Waals surface area contributed by atoms with Crippen molar-refractivity contribution in [2.75, 3.05) is 6.54 Å². The van der Waals surface area contributed by atoms with Crippen LogP contribution in [0.2, 0.25) is 0 Å². The maximum atomic E-state index is 12.1. The van der Waals surface area contributed by atoms with Crippen LogP contribution in [0.1, 0.15) is 33.1 Å². The summed E-state index contributed by atoms with van der Waals surface area (Å²) in [6, 6.07) is -1.49. The summed E-state index contributed by atoms with van der Waals surface area (Å²) in [4.78, 5) is 36.1. The van der Waals surface area contributed by atoms with E-state index in [1.807, 2.05) is 0 Å². The van der Waals surface area contributed by atoms with E-state index in [0.29, 0.717) is 19.4 Å². The number of imide groups is 2. The monoisotopic (exact) mass is 256 g/mol. The van der Waals surface area contributed by atoms with Crippen LogP contribution in [-0.4, -0.2) is 40.9 Å². The van der Waals surface area contributed by atoms with Crippen molar-refractivity contribution >= 4 is 17.8 Å². The second kappa shape index (κ2) is 5.45. The zero-order chi connectivity index (χ0) is 13.9. The fraction of sp³-hybridized carbons (Fsp3) is 0.727. The number of hydrogen-bond donors (Lipinski definition) is 3. The molecule has 1 rings (SSSR count). The van der Waals surface area contributed by atoms with Gasteiger partial charge in [-0.1, -0.05) is 6.42 Å². The second-order valence-electron chi connectivity index (χ2n) is 4.88. The summed E-state index contributed by atoms with van der Waals surface area (Å²) in [5.74, 6) is -1.02. The molecule has 0 saturated carbocycles. The van der Waals surface area contributed by atoms with Gasteiger partial charge < -0.3 is 11.5 Å². The highest BCUT2D eigenvalue weighted by Crippen LogP contribution is 2.22. The van der Waals surface area contributed by atoms with Gasteiger partial charge in [0.2, 0.25) is 5.91 Å². The van der Waals surface area contributed by atoms with E-state index >= 15 is 0 Å². The third-order valence-electron chi connectivity index (χ3n) is 3.05. The summed E-state index contributed by atoms with van der Waals surface area (Å²) in [5.41, 5.74) is 9.91. The summed E-state index contributed by atoms with van der Waals surface area (Å²) < 4.78 is 0. The van der Waals surface area contributed by atoms with Crippen LogP contribution in [-0.2, 0) is 9.59 Å². The number of hydrogen-bond acceptors (Lipinski definition) is 5. The first-order valence-corrected chi connectivity index (χ1v) is 5.97. The van der Waals surface area contributed by atoms with Crippen LogP contribution in [0.5, 0.6) is 0 Å². The topological polar surface area (TPSA) is 119 Å². The minimum atomic E-state index is -1.18. The third kappa shape index (κ3) is 2.68. The number of rotatable bonds is 5. The Labute approximate surface area is 106 Å². The van der Waals surface area contributed by atoms with Gasteiger partial charge in [-0.15, -0.1) is 0 Å². The first-order valence-electron chi connectivity index (χ1n) is 5.97. The molecule has 0 spiro atoms. The Morgan fingerprint density at radius 3 is 2.44 bits per heavy atom. The SMILES string of the molecule is CC1(C)C(=O)NC(=O)N1C(=O)[C@@H](N)CCCCN. The van der Waals surface area contributed by atoms with Gasteiger partial charge in [-0.25, -0.2) is 9.69 Å². The van der Waals surface area contributed by atoms with Gasteiger partial charge in [0.15, 0.2) is 0 Å². The van der Waals surface area contributed by atoms with Gasteiger partial charge >= 0.3 is 6.03 Å². The molecule has 5 N–H and O–H groups in total. The van der Waals surface area contributed by atoms with Crippen molar-refractivity contribution in [3.05, 3.63) is 0 Å². The lowest BCUT2D eigenvalue weighted by Crippen LogP contribution is -2.53. The molecule has 1 saturated heterocycles. The zero-order valence-electron chi connectivity index (χ0n) is 10.7. The number of nitrogens with one attached hydrogen (secondary N) is 1. The summed E-state index contributed by atoms with van der Waals surface area (Å²) in [5, 5.41) is 2.11. The summed E-state index contributed by atoms with van der Waals surface area (Å²) >= 11 is 0. The Morgan fingerprint density at radius 1 is 1.39 bits per heavy atom. The van der Waals surface area contributed by atoms with Gasteiger partial charge in [0.1, 0.15) is 5.54 Å². The molecule has 1 heterocycles. The molecule has 4 amide bonds. The predicted molar refractivity (Wildman–Crippen MR) is 65.3 cm³/mol. The fourth-order valence-corrected chi connectivity index (χ4v) is 1.83. The summed E-state index contributed by atoms with van der Waals surface area (Å²) in [6.07, 6.45) is 1.94. The predicted octanol–water partition coefficient (Wildman–Crippen LogP) is -0.700. The smallest absolute Gasteiger partial charge is 0.330 e. The van der Waals surface area contributed by atoms with Crippen molar-refractivity contribution in [2.45, 2.75) is 44.7 Å². The molecule has 0 aliphatic carbocycles. The normalized spacial score (nSPS) is 19.9. The minimum absolute atomic E-state index is 0.448. The number of amides is 4. The van der Waals surface area contributed by atoms with E-state index in [9.17, 15) is 14.4 Å². The standard InChI is InChI=1S/C11H20N4O3/c1-11(2)9(17)14-10(18)15(11)8(16)7(13)5-3-4-6-12/h7H,3-6,12-13H2,1-2H3,(H,14,17,18)/t7-/m0/s1. The number of urea groups is 1. The lowest BCUT2D eigenvalue weighted by Gasteiger charge is -2.28. The van der Waals surface area contributed by atoms with Crippen LogP contribution >= 0.6 is 0 Å². The lowest BCUT2D eigenvalue weighted by atomic mass is 10.0. The molecule has 0 radical (unpaired) electrons. The fourth-order valence-electron chi connectivity index (χ4n) is 1.83. The Hall–Kier alpha value is -1.47. The van der Waals surface area contributed by atoms with Crippen LogP contribution < -0.4 is 16.8 Å². The van der Waals surface area contributed by atoms with Crippen LogP contribution in [0.15, 0.2) is 0 Å². The first kappa shape index (κ1) is 14.6. The van der Waals surface area contributed by atoms with Crippen LogP contribution in [0, 0.1) is 0 Å². The van der Waals surface area contributed by atoms with Crippen molar-refractivity contribution in [3.8, 4) is 0 Å². The third-order valence-corrected chi connectivity index (χ3v) is 3.05. The maximum Gasteiger partial charge on any atom is 0.331 e. The van der Waals surface area contributed by atoms with E-state index in [-0.39, 0.29) is 0 Å². The Balaban J connectivity index is 2.71. The van der Waals surface area contributed by atoms with Gasteiger partial charge in [0.05, 0.1) is 6.04 Å². The summed E-state index contributed by atoms with van der Waals surface area (Å²) in [7, 11) is 0. The molecule has 7 nitrogen and oxygen atoms in total. The van der Waals surface area contributed by atoms with E-state index in [0.717, 1.165) is 11.3 Å². The van der Waals surface area contributed by atoms with Crippen LogP contribution in [0.4, 0.5) is 4.79 Å². The number of carbonyl (C=O) groups is 3. The van der Waals surface area contributed by atoms with E-state index in [4.69, 9.17) is 11.5 Å². The van der Waals surface area contributed by atoms with Crippen molar-refractivity contribution < 1.29 is 14.4 Å². The minimum Gasteiger partial charge on any atom is -0.330 e. The molecule has 0 aromatic rings. The molecular weight excluding hydrogens is 236 g/mol. The van der Waals surface area contributed by atoms with Gasteiger partial charge in [0, 0.05) is 0 Å².